The summed E-state index contributed by atoms with van der Waals surface area (Å²) < 4.78 is 60.9. The first kappa shape index (κ1) is 19.8. The summed E-state index contributed by atoms with van der Waals surface area (Å²) in [7, 11) is -3.29. The molecule has 0 heterocycles. The molecule has 0 aromatic heterocycles. The van der Waals surface area contributed by atoms with Crippen molar-refractivity contribution in [2.75, 3.05) is 11.6 Å². The van der Waals surface area contributed by atoms with Gasteiger partial charge >= 0.3 is 12.2 Å². The summed E-state index contributed by atoms with van der Waals surface area (Å²) in [6.07, 6.45) is -3.37. The molecule has 0 aliphatic heterocycles. The van der Waals surface area contributed by atoms with E-state index in [0.29, 0.717) is 16.8 Å². The second kappa shape index (κ2) is 7.77. The van der Waals surface area contributed by atoms with Crippen molar-refractivity contribution in [2.45, 2.75) is 18.5 Å². The third kappa shape index (κ3) is 6.07. The number of hydrogen-bond acceptors (Lipinski definition) is 3. The number of amides is 2. The fourth-order valence-electron chi connectivity index (χ4n) is 2.26. The standard InChI is InChI=1S/C17H17F3N2O3S/c1-26(24,25)11-13-6-2-3-8-15(13)22-16(23)21-10-12-5-4-7-14(9-12)17(18,19)20/h2-9H,10-11H2,1H3,(H2,21,22,23). The lowest BCUT2D eigenvalue weighted by Crippen LogP contribution is -2.28. The van der Waals surface area contributed by atoms with Crippen LogP contribution in [0.5, 0.6) is 0 Å². The lowest BCUT2D eigenvalue weighted by Gasteiger charge is -2.12. The van der Waals surface area contributed by atoms with Crippen LogP contribution in [0, 0.1) is 0 Å². The van der Waals surface area contributed by atoms with E-state index < -0.39 is 27.6 Å². The largest absolute Gasteiger partial charge is 0.416 e. The first-order valence-corrected chi connectivity index (χ1v) is 9.57. The number of benzene rings is 2. The number of anilines is 1. The van der Waals surface area contributed by atoms with Gasteiger partial charge in [0.1, 0.15) is 0 Å². The van der Waals surface area contributed by atoms with Crippen LogP contribution in [0.1, 0.15) is 16.7 Å². The van der Waals surface area contributed by atoms with E-state index in [9.17, 15) is 26.4 Å². The Labute approximate surface area is 149 Å². The maximum Gasteiger partial charge on any atom is 0.416 e. The monoisotopic (exact) mass is 386 g/mol. The van der Waals surface area contributed by atoms with Gasteiger partial charge in [-0.05, 0) is 29.3 Å². The van der Waals surface area contributed by atoms with Crippen molar-refractivity contribution in [3.05, 3.63) is 65.2 Å². The summed E-state index contributed by atoms with van der Waals surface area (Å²) in [5.74, 6) is -0.239. The van der Waals surface area contributed by atoms with Crippen molar-refractivity contribution in [2.24, 2.45) is 0 Å². The van der Waals surface area contributed by atoms with Gasteiger partial charge in [0, 0.05) is 18.5 Å². The summed E-state index contributed by atoms with van der Waals surface area (Å²) in [6, 6.07) is 10.4. The van der Waals surface area contributed by atoms with E-state index in [-0.39, 0.29) is 12.3 Å². The lowest BCUT2D eigenvalue weighted by molar-refractivity contribution is -0.137. The van der Waals surface area contributed by atoms with Gasteiger partial charge in [0.05, 0.1) is 11.3 Å². The van der Waals surface area contributed by atoms with Gasteiger partial charge < -0.3 is 10.6 Å². The average Bonchev–Trinajstić information content (AvgIpc) is 2.53. The smallest absolute Gasteiger partial charge is 0.334 e. The third-order valence-corrected chi connectivity index (χ3v) is 4.23. The molecule has 0 unspecified atom stereocenters. The van der Waals surface area contributed by atoms with Crippen LogP contribution in [-0.4, -0.2) is 20.7 Å². The van der Waals surface area contributed by atoms with Crippen LogP contribution in [0.3, 0.4) is 0 Å². The SMILES string of the molecule is CS(=O)(=O)Cc1ccccc1NC(=O)NCc1cccc(C(F)(F)F)c1. The van der Waals surface area contributed by atoms with E-state index in [1.807, 2.05) is 0 Å². The molecule has 0 spiro atoms. The van der Waals surface area contributed by atoms with E-state index >= 15 is 0 Å². The second-order valence-corrected chi connectivity index (χ2v) is 7.87. The summed E-state index contributed by atoms with van der Waals surface area (Å²) in [5.41, 5.74) is 0.235. The fraction of sp³-hybridized carbons (Fsp3) is 0.235. The highest BCUT2D eigenvalue weighted by Gasteiger charge is 2.30. The van der Waals surface area contributed by atoms with Crippen LogP contribution in [0.15, 0.2) is 48.5 Å². The van der Waals surface area contributed by atoms with Crippen molar-refractivity contribution in [1.82, 2.24) is 5.32 Å². The molecule has 2 rings (SSSR count). The highest BCUT2D eigenvalue weighted by molar-refractivity contribution is 7.89. The highest BCUT2D eigenvalue weighted by Crippen LogP contribution is 2.29. The van der Waals surface area contributed by atoms with Crippen LogP contribution in [-0.2, 0) is 28.3 Å². The van der Waals surface area contributed by atoms with Gasteiger partial charge in [0.25, 0.3) is 0 Å². The Hall–Kier alpha value is -2.55. The molecule has 26 heavy (non-hydrogen) atoms. The van der Waals surface area contributed by atoms with Crippen LogP contribution in [0.25, 0.3) is 0 Å². The molecule has 5 nitrogen and oxygen atoms in total. The van der Waals surface area contributed by atoms with E-state index in [1.54, 1.807) is 24.3 Å². The maximum atomic E-state index is 12.7. The number of sulfone groups is 1. The molecule has 0 atom stereocenters. The zero-order chi connectivity index (χ0) is 19.4. The number of para-hydroxylation sites is 1. The summed E-state index contributed by atoms with van der Waals surface area (Å²) >= 11 is 0. The Kier molecular flexibility index (Phi) is 5.91. The summed E-state index contributed by atoms with van der Waals surface area (Å²) in [5, 5.41) is 4.96. The molecule has 0 aliphatic rings. The number of carbonyl (C=O) groups excluding carboxylic acids is 1. The number of alkyl halides is 3. The van der Waals surface area contributed by atoms with Crippen molar-refractivity contribution < 1.29 is 26.4 Å². The summed E-state index contributed by atoms with van der Waals surface area (Å²) in [6.45, 7) is -0.107. The Morgan fingerprint density at radius 2 is 1.77 bits per heavy atom. The van der Waals surface area contributed by atoms with Crippen LogP contribution in [0.2, 0.25) is 0 Å². The van der Waals surface area contributed by atoms with E-state index in [1.165, 1.54) is 12.1 Å². The van der Waals surface area contributed by atoms with Gasteiger partial charge in [-0.25, -0.2) is 13.2 Å². The van der Waals surface area contributed by atoms with Crippen molar-refractivity contribution in [3.63, 3.8) is 0 Å². The van der Waals surface area contributed by atoms with Gasteiger partial charge in [-0.1, -0.05) is 30.3 Å². The quantitative estimate of drug-likeness (QED) is 0.825. The van der Waals surface area contributed by atoms with Crippen molar-refractivity contribution >= 4 is 21.6 Å². The molecule has 0 radical (unpaired) electrons. The molecule has 2 aromatic carbocycles. The number of halogens is 3. The van der Waals surface area contributed by atoms with E-state index in [0.717, 1.165) is 18.4 Å². The topological polar surface area (TPSA) is 75.3 Å². The molecule has 0 fully saturated rings. The predicted molar refractivity (Wildman–Crippen MR) is 92.3 cm³/mol. The van der Waals surface area contributed by atoms with Crippen LogP contribution < -0.4 is 10.6 Å². The molecule has 2 amide bonds. The Bertz CT molecular complexity index is 896. The number of nitrogens with one attached hydrogen (secondary N) is 2. The number of urea groups is 1. The van der Waals surface area contributed by atoms with Gasteiger partial charge in [-0.2, -0.15) is 13.2 Å². The maximum absolute atomic E-state index is 12.7. The molecule has 0 saturated carbocycles. The second-order valence-electron chi connectivity index (χ2n) is 5.73. The first-order valence-electron chi connectivity index (χ1n) is 7.51. The molecule has 2 aromatic rings. The zero-order valence-corrected chi connectivity index (χ0v) is 14.6. The molecule has 0 bridgehead atoms. The van der Waals surface area contributed by atoms with Gasteiger partial charge in [-0.15, -0.1) is 0 Å². The molecule has 9 heteroatoms. The third-order valence-electron chi connectivity index (χ3n) is 3.39. The molecular weight excluding hydrogens is 369 g/mol. The lowest BCUT2D eigenvalue weighted by atomic mass is 10.1. The Morgan fingerprint density at radius 3 is 2.42 bits per heavy atom. The molecular formula is C17H17F3N2O3S. The minimum Gasteiger partial charge on any atom is -0.334 e. The van der Waals surface area contributed by atoms with Gasteiger partial charge in [-0.3, -0.25) is 0 Å². The number of rotatable bonds is 5. The fourth-order valence-corrected chi connectivity index (χ4v) is 3.07. The number of carbonyl (C=O) groups is 1. The molecule has 0 aliphatic carbocycles. The predicted octanol–water partition coefficient (Wildman–Crippen LogP) is 3.57. The Balaban J connectivity index is 2.02. The normalized spacial score (nSPS) is 11.8. The zero-order valence-electron chi connectivity index (χ0n) is 13.8. The average molecular weight is 386 g/mol. The van der Waals surface area contributed by atoms with Gasteiger partial charge in [0.15, 0.2) is 9.84 Å². The first-order chi connectivity index (χ1) is 12.0. The van der Waals surface area contributed by atoms with E-state index in [4.69, 9.17) is 0 Å². The minimum absolute atomic E-state index is 0.107. The van der Waals surface area contributed by atoms with Crippen LogP contribution in [0.4, 0.5) is 23.7 Å². The highest BCUT2D eigenvalue weighted by atomic mass is 32.2. The van der Waals surface area contributed by atoms with Crippen molar-refractivity contribution in [3.8, 4) is 0 Å². The van der Waals surface area contributed by atoms with Crippen LogP contribution >= 0.6 is 0 Å². The molecule has 0 saturated heterocycles. The minimum atomic E-state index is -4.46. The summed E-state index contributed by atoms with van der Waals surface area (Å²) in [4.78, 5) is 12.0. The Morgan fingerprint density at radius 1 is 1.08 bits per heavy atom. The number of hydrogen-bond donors (Lipinski definition) is 2. The molecule has 2 N–H and O–H groups in total. The van der Waals surface area contributed by atoms with E-state index in [2.05, 4.69) is 10.6 Å². The van der Waals surface area contributed by atoms with Gasteiger partial charge in [0.2, 0.25) is 0 Å². The van der Waals surface area contributed by atoms with Crippen molar-refractivity contribution in [1.29, 1.82) is 0 Å². The molecule has 140 valence electrons.